The van der Waals surface area contributed by atoms with Crippen molar-refractivity contribution in [3.05, 3.63) is 29.8 Å². The Balaban J connectivity index is 1.62. The van der Waals surface area contributed by atoms with E-state index in [1.807, 2.05) is 0 Å². The molecule has 0 aromatic heterocycles. The van der Waals surface area contributed by atoms with E-state index in [1.165, 1.54) is 18.9 Å². The van der Waals surface area contributed by atoms with Gasteiger partial charge >= 0.3 is 0 Å². The van der Waals surface area contributed by atoms with Crippen molar-refractivity contribution >= 4 is 11.6 Å². The van der Waals surface area contributed by atoms with Crippen LogP contribution in [0.15, 0.2) is 18.2 Å². The molecular weight excluding hydrogens is 266 g/mol. The Labute approximate surface area is 116 Å². The van der Waals surface area contributed by atoms with Crippen LogP contribution in [0.2, 0.25) is 0 Å². The second-order valence-corrected chi connectivity index (χ2v) is 4.84. The first-order chi connectivity index (χ1) is 9.66. The average molecular weight is 284 g/mol. The summed E-state index contributed by atoms with van der Waals surface area (Å²) in [5.41, 5.74) is -0.413. The molecule has 1 aliphatic rings. The van der Waals surface area contributed by atoms with Gasteiger partial charge in [0.25, 0.3) is 0 Å². The molecule has 2 rings (SSSR count). The highest BCUT2D eigenvalue weighted by atomic mass is 19.1. The van der Waals surface area contributed by atoms with E-state index in [9.17, 15) is 13.6 Å². The van der Waals surface area contributed by atoms with Crippen LogP contribution in [0.25, 0.3) is 0 Å². The second-order valence-electron chi connectivity index (χ2n) is 4.84. The number of benzene rings is 1. The van der Waals surface area contributed by atoms with Gasteiger partial charge in [-0.2, -0.15) is 0 Å². The van der Waals surface area contributed by atoms with Crippen LogP contribution in [0, 0.1) is 17.6 Å². The molecule has 0 radical (unpaired) electrons. The summed E-state index contributed by atoms with van der Waals surface area (Å²) >= 11 is 0. The first-order valence-electron chi connectivity index (χ1n) is 6.69. The number of ether oxygens (including phenoxy) is 1. The highest BCUT2D eigenvalue weighted by Crippen LogP contribution is 2.28. The lowest BCUT2D eigenvalue weighted by atomic mass is 10.3. The monoisotopic (exact) mass is 284 g/mol. The van der Waals surface area contributed by atoms with Gasteiger partial charge in [0, 0.05) is 13.2 Å². The van der Waals surface area contributed by atoms with Gasteiger partial charge in [-0.25, -0.2) is 8.78 Å². The molecule has 20 heavy (non-hydrogen) atoms. The summed E-state index contributed by atoms with van der Waals surface area (Å²) in [6.07, 6.45) is 2.48. The van der Waals surface area contributed by atoms with Crippen LogP contribution in [0.3, 0.4) is 0 Å². The van der Waals surface area contributed by atoms with Crippen molar-refractivity contribution in [2.45, 2.75) is 12.8 Å². The summed E-state index contributed by atoms with van der Waals surface area (Å²) in [7, 11) is 0. The van der Waals surface area contributed by atoms with Crippen LogP contribution < -0.4 is 10.6 Å². The quantitative estimate of drug-likeness (QED) is 0.717. The van der Waals surface area contributed by atoms with Crippen LogP contribution in [-0.4, -0.2) is 32.2 Å². The molecule has 110 valence electrons. The van der Waals surface area contributed by atoms with Gasteiger partial charge in [-0.1, -0.05) is 6.07 Å². The number of para-hydroxylation sites is 1. The standard InChI is InChI=1S/C14H18F2N2O2/c15-11-2-1-3-12(16)14(11)18-13(19)8-17-6-7-20-9-10-4-5-10/h1-3,10,17H,4-9H2,(H,18,19). The molecule has 1 aromatic rings. The van der Waals surface area contributed by atoms with Gasteiger partial charge in [-0.3, -0.25) is 4.79 Å². The van der Waals surface area contributed by atoms with Gasteiger partial charge in [0.1, 0.15) is 17.3 Å². The van der Waals surface area contributed by atoms with Crippen LogP contribution in [0.1, 0.15) is 12.8 Å². The van der Waals surface area contributed by atoms with Crippen molar-refractivity contribution in [2.24, 2.45) is 5.92 Å². The highest BCUT2D eigenvalue weighted by molar-refractivity contribution is 5.92. The zero-order valence-electron chi connectivity index (χ0n) is 11.1. The zero-order valence-corrected chi connectivity index (χ0v) is 11.1. The SMILES string of the molecule is O=C(CNCCOCC1CC1)Nc1c(F)cccc1F. The number of carbonyl (C=O) groups is 1. The van der Waals surface area contributed by atoms with E-state index in [4.69, 9.17) is 4.74 Å². The van der Waals surface area contributed by atoms with Crippen molar-refractivity contribution in [1.29, 1.82) is 0 Å². The summed E-state index contributed by atoms with van der Waals surface area (Å²) in [6, 6.07) is 3.44. The summed E-state index contributed by atoms with van der Waals surface area (Å²) < 4.78 is 32.0. The lowest BCUT2D eigenvalue weighted by Crippen LogP contribution is -2.31. The maximum Gasteiger partial charge on any atom is 0.238 e. The molecule has 0 spiro atoms. The fourth-order valence-corrected chi connectivity index (χ4v) is 1.68. The number of amides is 1. The Morgan fingerprint density at radius 2 is 2.00 bits per heavy atom. The van der Waals surface area contributed by atoms with Gasteiger partial charge in [-0.15, -0.1) is 0 Å². The van der Waals surface area contributed by atoms with Crippen molar-refractivity contribution < 1.29 is 18.3 Å². The van der Waals surface area contributed by atoms with Crippen LogP contribution >= 0.6 is 0 Å². The molecule has 0 bridgehead atoms. The van der Waals surface area contributed by atoms with Crippen molar-refractivity contribution in [1.82, 2.24) is 5.32 Å². The third kappa shape index (κ3) is 4.86. The highest BCUT2D eigenvalue weighted by Gasteiger charge is 2.20. The maximum atomic E-state index is 13.3. The Bertz CT molecular complexity index is 444. The third-order valence-corrected chi connectivity index (χ3v) is 2.99. The fourth-order valence-electron chi connectivity index (χ4n) is 1.68. The lowest BCUT2D eigenvalue weighted by molar-refractivity contribution is -0.115. The minimum absolute atomic E-state index is 0.0133. The predicted molar refractivity (Wildman–Crippen MR) is 71.4 cm³/mol. The molecule has 0 unspecified atom stereocenters. The smallest absolute Gasteiger partial charge is 0.238 e. The minimum atomic E-state index is -0.786. The van der Waals surface area contributed by atoms with Gasteiger partial charge < -0.3 is 15.4 Å². The van der Waals surface area contributed by atoms with Crippen molar-refractivity contribution in [2.75, 3.05) is 31.6 Å². The molecule has 1 saturated carbocycles. The minimum Gasteiger partial charge on any atom is -0.380 e. The van der Waals surface area contributed by atoms with Crippen LogP contribution in [0.4, 0.5) is 14.5 Å². The van der Waals surface area contributed by atoms with Crippen molar-refractivity contribution in [3.8, 4) is 0 Å². The van der Waals surface area contributed by atoms with E-state index in [0.717, 1.165) is 18.7 Å². The normalized spacial score (nSPS) is 14.3. The number of hydrogen-bond donors (Lipinski definition) is 2. The van der Waals surface area contributed by atoms with E-state index in [-0.39, 0.29) is 6.54 Å². The number of anilines is 1. The number of nitrogens with one attached hydrogen (secondary N) is 2. The van der Waals surface area contributed by atoms with E-state index in [0.29, 0.717) is 19.1 Å². The van der Waals surface area contributed by atoms with Crippen LogP contribution in [-0.2, 0) is 9.53 Å². The number of rotatable bonds is 8. The Morgan fingerprint density at radius 1 is 1.30 bits per heavy atom. The summed E-state index contributed by atoms with van der Waals surface area (Å²) in [4.78, 5) is 11.5. The van der Waals surface area contributed by atoms with E-state index < -0.39 is 23.2 Å². The van der Waals surface area contributed by atoms with Gasteiger partial charge in [0.2, 0.25) is 5.91 Å². The van der Waals surface area contributed by atoms with Gasteiger partial charge in [-0.05, 0) is 30.9 Å². The molecule has 4 nitrogen and oxygen atoms in total. The molecule has 0 atom stereocenters. The molecule has 0 heterocycles. The summed E-state index contributed by atoms with van der Waals surface area (Å²) in [5.74, 6) is -1.35. The molecule has 1 fully saturated rings. The Kier molecular flexibility index (Phi) is 5.43. The lowest BCUT2D eigenvalue weighted by Gasteiger charge is -2.08. The maximum absolute atomic E-state index is 13.3. The topological polar surface area (TPSA) is 50.4 Å². The molecular formula is C14H18F2N2O2. The van der Waals surface area contributed by atoms with Gasteiger partial charge in [0.15, 0.2) is 0 Å². The number of halogens is 2. The second kappa shape index (κ2) is 7.31. The summed E-state index contributed by atoms with van der Waals surface area (Å²) in [5, 5.41) is 5.06. The van der Waals surface area contributed by atoms with Gasteiger partial charge in [0.05, 0.1) is 13.2 Å². The third-order valence-electron chi connectivity index (χ3n) is 2.99. The molecule has 1 amide bonds. The molecule has 1 aliphatic carbocycles. The Morgan fingerprint density at radius 3 is 2.65 bits per heavy atom. The van der Waals surface area contributed by atoms with E-state index in [1.54, 1.807) is 0 Å². The van der Waals surface area contributed by atoms with Crippen molar-refractivity contribution in [3.63, 3.8) is 0 Å². The zero-order chi connectivity index (χ0) is 14.4. The van der Waals surface area contributed by atoms with E-state index >= 15 is 0 Å². The predicted octanol–water partition coefficient (Wildman–Crippen LogP) is 1.92. The van der Waals surface area contributed by atoms with E-state index in [2.05, 4.69) is 10.6 Å². The molecule has 6 heteroatoms. The number of carbonyl (C=O) groups excluding carboxylic acids is 1. The largest absolute Gasteiger partial charge is 0.380 e. The van der Waals surface area contributed by atoms with Crippen LogP contribution in [0.5, 0.6) is 0 Å². The molecule has 0 saturated heterocycles. The first kappa shape index (κ1) is 14.9. The fraction of sp³-hybridized carbons (Fsp3) is 0.500. The molecule has 1 aromatic carbocycles. The molecule has 0 aliphatic heterocycles. The summed E-state index contributed by atoms with van der Waals surface area (Å²) in [6.45, 7) is 1.81. The average Bonchev–Trinajstić information content (AvgIpc) is 3.22. The number of hydrogen-bond acceptors (Lipinski definition) is 3. The Hall–Kier alpha value is -1.53. The molecule has 2 N–H and O–H groups in total. The first-order valence-corrected chi connectivity index (χ1v) is 6.69.